The number of likely N-dealkylation sites (tertiary alicyclic amines) is 1. The van der Waals surface area contributed by atoms with Crippen LogP contribution in [-0.4, -0.2) is 33.8 Å². The predicted molar refractivity (Wildman–Crippen MR) is 56.4 cm³/mol. The first-order valence-corrected chi connectivity index (χ1v) is 5.38. The number of imide groups is 1. The van der Waals surface area contributed by atoms with Crippen LogP contribution in [0.5, 0.6) is 0 Å². The number of nitrogens with zero attached hydrogens (tertiary/aromatic N) is 1. The smallest absolute Gasteiger partial charge is 0.308 e. The zero-order chi connectivity index (χ0) is 12.6. The molecule has 0 radical (unpaired) electrons. The topological polar surface area (TPSA) is 74.7 Å². The molecule has 0 aliphatic carbocycles. The van der Waals surface area contributed by atoms with Gasteiger partial charge in [0.15, 0.2) is 0 Å². The van der Waals surface area contributed by atoms with Gasteiger partial charge in [0, 0.05) is 17.9 Å². The highest BCUT2D eigenvalue weighted by molar-refractivity contribution is 6.05. The van der Waals surface area contributed by atoms with E-state index in [-0.39, 0.29) is 23.7 Å². The number of hydrogen-bond donors (Lipinski definition) is 1. The SMILES string of the molecule is CC1C(=O)N(C(C)C(C)C(=O)O)C(=O)C1C. The summed E-state index contributed by atoms with van der Waals surface area (Å²) in [7, 11) is 0. The van der Waals surface area contributed by atoms with Crippen molar-refractivity contribution in [2.45, 2.75) is 33.7 Å². The maximum Gasteiger partial charge on any atom is 0.308 e. The predicted octanol–water partition coefficient (Wildman–Crippen LogP) is 0.737. The van der Waals surface area contributed by atoms with E-state index >= 15 is 0 Å². The molecule has 0 aromatic rings. The molecule has 4 atom stereocenters. The molecule has 2 amide bonds. The maximum atomic E-state index is 11.8. The Morgan fingerprint density at radius 2 is 1.56 bits per heavy atom. The van der Waals surface area contributed by atoms with Crippen molar-refractivity contribution in [3.05, 3.63) is 0 Å². The summed E-state index contributed by atoms with van der Waals surface area (Å²) in [4.78, 5) is 35.5. The van der Waals surface area contributed by atoms with Gasteiger partial charge >= 0.3 is 5.97 Å². The number of rotatable bonds is 3. The molecule has 1 N–H and O–H groups in total. The first-order chi connectivity index (χ1) is 7.29. The van der Waals surface area contributed by atoms with Gasteiger partial charge in [-0.1, -0.05) is 13.8 Å². The van der Waals surface area contributed by atoms with Crippen LogP contribution in [0.1, 0.15) is 27.7 Å². The van der Waals surface area contributed by atoms with Crippen molar-refractivity contribution >= 4 is 17.8 Å². The van der Waals surface area contributed by atoms with Crippen molar-refractivity contribution in [3.63, 3.8) is 0 Å². The summed E-state index contributed by atoms with van der Waals surface area (Å²) in [5, 5.41) is 8.87. The van der Waals surface area contributed by atoms with E-state index in [9.17, 15) is 14.4 Å². The minimum atomic E-state index is -1.000. The van der Waals surface area contributed by atoms with Crippen molar-refractivity contribution < 1.29 is 19.5 Å². The van der Waals surface area contributed by atoms with Crippen LogP contribution in [0.2, 0.25) is 0 Å². The second-order valence-electron chi connectivity index (χ2n) is 4.49. The Labute approximate surface area is 94.4 Å². The van der Waals surface area contributed by atoms with E-state index in [1.54, 1.807) is 20.8 Å². The third-order valence-corrected chi connectivity index (χ3v) is 3.52. The van der Waals surface area contributed by atoms with E-state index in [4.69, 9.17) is 5.11 Å². The van der Waals surface area contributed by atoms with Crippen molar-refractivity contribution in [3.8, 4) is 0 Å². The van der Waals surface area contributed by atoms with Crippen molar-refractivity contribution in [1.82, 2.24) is 4.90 Å². The molecule has 90 valence electrons. The van der Waals surface area contributed by atoms with Crippen molar-refractivity contribution in [2.75, 3.05) is 0 Å². The Balaban J connectivity index is 2.93. The molecule has 1 saturated heterocycles. The van der Waals surface area contributed by atoms with E-state index in [1.165, 1.54) is 6.92 Å². The second kappa shape index (κ2) is 4.23. The molecule has 0 spiro atoms. The van der Waals surface area contributed by atoms with Gasteiger partial charge in [-0.25, -0.2) is 0 Å². The van der Waals surface area contributed by atoms with Crippen LogP contribution in [0, 0.1) is 17.8 Å². The summed E-state index contributed by atoms with van der Waals surface area (Å²) in [6.45, 7) is 6.49. The third kappa shape index (κ3) is 1.81. The largest absolute Gasteiger partial charge is 0.481 e. The van der Waals surface area contributed by atoms with E-state index in [1.807, 2.05) is 0 Å². The summed E-state index contributed by atoms with van der Waals surface area (Å²) in [5.74, 6) is -2.98. The van der Waals surface area contributed by atoms with Gasteiger partial charge in [0.1, 0.15) is 0 Å². The molecule has 1 heterocycles. The zero-order valence-corrected chi connectivity index (χ0v) is 9.93. The fourth-order valence-corrected chi connectivity index (χ4v) is 1.81. The fourth-order valence-electron chi connectivity index (χ4n) is 1.81. The van der Waals surface area contributed by atoms with E-state index in [0.717, 1.165) is 4.90 Å². The molecule has 16 heavy (non-hydrogen) atoms. The lowest BCUT2D eigenvalue weighted by Gasteiger charge is -2.26. The zero-order valence-electron chi connectivity index (χ0n) is 9.93. The van der Waals surface area contributed by atoms with Gasteiger partial charge in [0.25, 0.3) is 0 Å². The molecular weight excluding hydrogens is 210 g/mol. The average Bonchev–Trinajstić information content (AvgIpc) is 2.41. The summed E-state index contributed by atoms with van der Waals surface area (Å²) < 4.78 is 0. The van der Waals surface area contributed by atoms with Gasteiger partial charge in [-0.15, -0.1) is 0 Å². The number of aliphatic carboxylic acids is 1. The number of carbonyl (C=O) groups is 3. The van der Waals surface area contributed by atoms with Gasteiger partial charge in [-0.05, 0) is 13.8 Å². The van der Waals surface area contributed by atoms with E-state index in [2.05, 4.69) is 0 Å². The minimum absolute atomic E-state index is 0.266. The van der Waals surface area contributed by atoms with Crippen LogP contribution in [-0.2, 0) is 14.4 Å². The Morgan fingerprint density at radius 1 is 1.19 bits per heavy atom. The second-order valence-corrected chi connectivity index (χ2v) is 4.49. The Kier molecular flexibility index (Phi) is 3.35. The number of carbonyl (C=O) groups excluding carboxylic acids is 2. The minimum Gasteiger partial charge on any atom is -0.481 e. The molecule has 0 saturated carbocycles. The molecule has 4 unspecified atom stereocenters. The third-order valence-electron chi connectivity index (χ3n) is 3.52. The molecule has 1 rings (SSSR count). The summed E-state index contributed by atoms with van der Waals surface area (Å²) in [6.07, 6.45) is 0. The van der Waals surface area contributed by atoms with Gasteiger partial charge in [-0.3, -0.25) is 19.3 Å². The summed E-state index contributed by atoms with van der Waals surface area (Å²) in [6, 6.07) is -0.593. The van der Waals surface area contributed by atoms with Gasteiger partial charge in [0.05, 0.1) is 5.92 Å². The van der Waals surface area contributed by atoms with Gasteiger partial charge < -0.3 is 5.11 Å². The lowest BCUT2D eigenvalue weighted by molar-refractivity contribution is -0.148. The highest BCUT2D eigenvalue weighted by Crippen LogP contribution is 2.29. The molecule has 0 aromatic heterocycles. The van der Waals surface area contributed by atoms with E-state index < -0.39 is 17.9 Å². The van der Waals surface area contributed by atoms with Crippen LogP contribution < -0.4 is 0 Å². The monoisotopic (exact) mass is 227 g/mol. The number of carboxylic acid groups (broad SMARTS) is 1. The van der Waals surface area contributed by atoms with Crippen LogP contribution in [0.4, 0.5) is 0 Å². The molecule has 5 heteroatoms. The van der Waals surface area contributed by atoms with Crippen LogP contribution in [0.3, 0.4) is 0 Å². The normalized spacial score (nSPS) is 29.4. The standard InChI is InChI=1S/C11H17NO4/c1-5-6(2)10(14)12(9(5)13)8(4)7(3)11(15)16/h5-8H,1-4H3,(H,15,16). The fraction of sp³-hybridized carbons (Fsp3) is 0.727. The Hall–Kier alpha value is -1.39. The lowest BCUT2D eigenvalue weighted by atomic mass is 10.00. The van der Waals surface area contributed by atoms with Crippen molar-refractivity contribution in [1.29, 1.82) is 0 Å². The summed E-state index contributed by atoms with van der Waals surface area (Å²) >= 11 is 0. The van der Waals surface area contributed by atoms with Crippen LogP contribution >= 0.6 is 0 Å². The lowest BCUT2D eigenvalue weighted by Crippen LogP contribution is -2.44. The number of amides is 2. The quantitative estimate of drug-likeness (QED) is 0.721. The molecule has 0 bridgehead atoms. The Morgan fingerprint density at radius 3 is 1.88 bits per heavy atom. The van der Waals surface area contributed by atoms with Crippen LogP contribution in [0.15, 0.2) is 0 Å². The first kappa shape index (κ1) is 12.7. The molecule has 5 nitrogen and oxygen atoms in total. The number of carboxylic acids is 1. The number of hydrogen-bond acceptors (Lipinski definition) is 3. The summed E-state index contributed by atoms with van der Waals surface area (Å²) in [5.41, 5.74) is 0. The van der Waals surface area contributed by atoms with E-state index in [0.29, 0.717) is 0 Å². The molecule has 1 aliphatic heterocycles. The van der Waals surface area contributed by atoms with Crippen molar-refractivity contribution in [2.24, 2.45) is 17.8 Å². The molecule has 1 fully saturated rings. The maximum absolute atomic E-state index is 11.8. The highest BCUT2D eigenvalue weighted by Gasteiger charge is 2.46. The molecule has 0 aromatic carbocycles. The first-order valence-electron chi connectivity index (χ1n) is 5.38. The average molecular weight is 227 g/mol. The van der Waals surface area contributed by atoms with Crippen LogP contribution in [0.25, 0.3) is 0 Å². The van der Waals surface area contributed by atoms with Gasteiger partial charge in [0.2, 0.25) is 11.8 Å². The van der Waals surface area contributed by atoms with Gasteiger partial charge in [-0.2, -0.15) is 0 Å². The highest BCUT2D eigenvalue weighted by atomic mass is 16.4. The molecular formula is C11H17NO4. The Bertz CT molecular complexity index is 319. The molecule has 1 aliphatic rings.